The first-order valence-corrected chi connectivity index (χ1v) is 8.25. The standard InChI is InChI=1S/C19H15F5N2O2/c1-26-9-15(10-6-12(20)8-13(21)7-10)16(18(26)28)17(27)25-14-4-2-11(3-5-14)19(22,23)24/h2-8,15-16H,9H2,1H3,(H,25,27)/t15-,16+/m1/s1. The van der Waals surface area contributed by atoms with Crippen molar-refractivity contribution < 1.29 is 31.5 Å². The Morgan fingerprint density at radius 2 is 1.64 bits per heavy atom. The third kappa shape index (κ3) is 3.97. The van der Waals surface area contributed by atoms with Crippen LogP contribution < -0.4 is 5.32 Å². The Morgan fingerprint density at radius 3 is 2.18 bits per heavy atom. The molecule has 2 aromatic carbocycles. The monoisotopic (exact) mass is 398 g/mol. The van der Waals surface area contributed by atoms with E-state index in [0.29, 0.717) is 6.07 Å². The lowest BCUT2D eigenvalue weighted by Gasteiger charge is -2.17. The van der Waals surface area contributed by atoms with Crippen molar-refractivity contribution in [1.29, 1.82) is 0 Å². The van der Waals surface area contributed by atoms with Gasteiger partial charge in [0.05, 0.1) is 5.56 Å². The Hall–Kier alpha value is -2.97. The maximum atomic E-state index is 13.6. The van der Waals surface area contributed by atoms with E-state index < -0.39 is 47.0 Å². The molecule has 0 aliphatic carbocycles. The normalized spacial score (nSPS) is 19.8. The first-order valence-electron chi connectivity index (χ1n) is 8.25. The van der Waals surface area contributed by atoms with Crippen LogP contribution in [0.25, 0.3) is 0 Å². The second-order valence-corrected chi connectivity index (χ2v) is 6.57. The predicted molar refractivity (Wildman–Crippen MR) is 90.3 cm³/mol. The van der Waals surface area contributed by atoms with Crippen LogP contribution >= 0.6 is 0 Å². The van der Waals surface area contributed by atoms with E-state index >= 15 is 0 Å². The summed E-state index contributed by atoms with van der Waals surface area (Å²) in [6.07, 6.45) is -4.51. The lowest BCUT2D eigenvalue weighted by Crippen LogP contribution is -2.32. The van der Waals surface area contributed by atoms with E-state index in [-0.39, 0.29) is 17.8 Å². The molecule has 2 amide bonds. The fraction of sp³-hybridized carbons (Fsp3) is 0.263. The van der Waals surface area contributed by atoms with Crippen molar-refractivity contribution in [3.63, 3.8) is 0 Å². The quantitative estimate of drug-likeness (QED) is 0.632. The van der Waals surface area contributed by atoms with E-state index in [1.807, 2.05) is 0 Å². The number of hydrogen-bond acceptors (Lipinski definition) is 2. The van der Waals surface area contributed by atoms with Crippen LogP contribution in [0.1, 0.15) is 17.0 Å². The number of alkyl halides is 3. The molecule has 2 aromatic rings. The van der Waals surface area contributed by atoms with Gasteiger partial charge >= 0.3 is 6.18 Å². The van der Waals surface area contributed by atoms with Crippen molar-refractivity contribution in [3.8, 4) is 0 Å². The predicted octanol–water partition coefficient (Wildman–Crippen LogP) is 3.79. The fourth-order valence-corrected chi connectivity index (χ4v) is 3.24. The van der Waals surface area contributed by atoms with Crippen molar-refractivity contribution >= 4 is 17.5 Å². The minimum atomic E-state index is -4.51. The SMILES string of the molecule is CN1C[C@H](c2cc(F)cc(F)c2)[C@@H](C(=O)Nc2ccc(C(F)(F)F)cc2)C1=O. The molecule has 28 heavy (non-hydrogen) atoms. The van der Waals surface area contributed by atoms with Gasteiger partial charge in [-0.1, -0.05) is 0 Å². The highest BCUT2D eigenvalue weighted by Crippen LogP contribution is 2.35. The van der Waals surface area contributed by atoms with Gasteiger partial charge in [0.25, 0.3) is 0 Å². The van der Waals surface area contributed by atoms with Gasteiger partial charge in [0.2, 0.25) is 11.8 Å². The van der Waals surface area contributed by atoms with E-state index in [1.54, 1.807) is 0 Å². The van der Waals surface area contributed by atoms with Gasteiger partial charge < -0.3 is 10.2 Å². The van der Waals surface area contributed by atoms with Crippen molar-refractivity contribution in [3.05, 3.63) is 65.2 Å². The van der Waals surface area contributed by atoms with Gasteiger partial charge in [0.1, 0.15) is 17.6 Å². The number of hydrogen-bond donors (Lipinski definition) is 1. The molecular weight excluding hydrogens is 383 g/mol. The number of carbonyl (C=O) groups is 2. The third-order valence-corrected chi connectivity index (χ3v) is 4.59. The second-order valence-electron chi connectivity index (χ2n) is 6.57. The van der Waals surface area contributed by atoms with Crippen LogP contribution in [0.15, 0.2) is 42.5 Å². The van der Waals surface area contributed by atoms with Crippen molar-refractivity contribution in [2.75, 3.05) is 18.9 Å². The summed E-state index contributed by atoms with van der Waals surface area (Å²) in [4.78, 5) is 26.3. The number of likely N-dealkylation sites (N-methyl/N-ethyl adjacent to an activating group) is 1. The Balaban J connectivity index is 1.84. The molecule has 0 saturated carbocycles. The molecule has 0 bridgehead atoms. The number of amides is 2. The number of likely N-dealkylation sites (tertiary alicyclic amines) is 1. The summed E-state index contributed by atoms with van der Waals surface area (Å²) >= 11 is 0. The zero-order valence-electron chi connectivity index (χ0n) is 14.6. The number of benzene rings is 2. The molecule has 0 spiro atoms. The molecule has 3 rings (SSSR count). The Kier molecular flexibility index (Phi) is 5.10. The fourth-order valence-electron chi connectivity index (χ4n) is 3.24. The van der Waals surface area contributed by atoms with Gasteiger partial charge in [-0.05, 0) is 42.0 Å². The van der Waals surface area contributed by atoms with E-state index in [1.165, 1.54) is 11.9 Å². The van der Waals surface area contributed by atoms with Crippen molar-refractivity contribution in [1.82, 2.24) is 4.90 Å². The molecule has 0 radical (unpaired) electrons. The van der Waals surface area contributed by atoms with Crippen LogP contribution in [0.3, 0.4) is 0 Å². The van der Waals surface area contributed by atoms with Crippen LogP contribution in [0.2, 0.25) is 0 Å². The molecule has 1 aliphatic heterocycles. The van der Waals surface area contributed by atoms with E-state index in [2.05, 4.69) is 5.32 Å². The number of anilines is 1. The summed E-state index contributed by atoms with van der Waals surface area (Å²) in [7, 11) is 1.45. The first kappa shape index (κ1) is 19.8. The van der Waals surface area contributed by atoms with Crippen LogP contribution in [0.4, 0.5) is 27.6 Å². The number of nitrogens with one attached hydrogen (secondary N) is 1. The highest BCUT2D eigenvalue weighted by molar-refractivity contribution is 6.08. The largest absolute Gasteiger partial charge is 0.416 e. The minimum absolute atomic E-state index is 0.0736. The molecule has 1 heterocycles. The zero-order valence-corrected chi connectivity index (χ0v) is 14.6. The molecule has 1 N–H and O–H groups in total. The molecule has 2 atom stereocenters. The van der Waals surface area contributed by atoms with E-state index in [0.717, 1.165) is 36.4 Å². The average molecular weight is 398 g/mol. The molecule has 148 valence electrons. The summed E-state index contributed by atoms with van der Waals surface area (Å²) in [6, 6.07) is 6.54. The Bertz CT molecular complexity index is 891. The van der Waals surface area contributed by atoms with Gasteiger partial charge in [-0.25, -0.2) is 8.78 Å². The van der Waals surface area contributed by atoms with Crippen LogP contribution in [0.5, 0.6) is 0 Å². The summed E-state index contributed by atoms with van der Waals surface area (Å²) < 4.78 is 65.0. The minimum Gasteiger partial charge on any atom is -0.344 e. The van der Waals surface area contributed by atoms with E-state index in [9.17, 15) is 31.5 Å². The highest BCUT2D eigenvalue weighted by atomic mass is 19.4. The second kappa shape index (κ2) is 7.21. The third-order valence-electron chi connectivity index (χ3n) is 4.59. The van der Waals surface area contributed by atoms with Crippen molar-refractivity contribution in [2.24, 2.45) is 5.92 Å². The van der Waals surface area contributed by atoms with Gasteiger partial charge in [-0.15, -0.1) is 0 Å². The Labute approximate surface area is 156 Å². The first-order chi connectivity index (χ1) is 13.1. The number of halogens is 5. The summed E-state index contributed by atoms with van der Waals surface area (Å²) in [5.74, 6) is -5.02. The van der Waals surface area contributed by atoms with Crippen LogP contribution in [-0.4, -0.2) is 30.3 Å². The summed E-state index contributed by atoms with van der Waals surface area (Å²) in [5, 5.41) is 2.40. The molecule has 0 unspecified atom stereocenters. The topological polar surface area (TPSA) is 49.4 Å². The maximum Gasteiger partial charge on any atom is 0.416 e. The molecule has 1 fully saturated rings. The van der Waals surface area contributed by atoms with Gasteiger partial charge in [0.15, 0.2) is 0 Å². The Morgan fingerprint density at radius 1 is 1.07 bits per heavy atom. The van der Waals surface area contributed by atoms with Gasteiger partial charge in [0, 0.05) is 31.3 Å². The van der Waals surface area contributed by atoms with Crippen LogP contribution in [-0.2, 0) is 15.8 Å². The smallest absolute Gasteiger partial charge is 0.344 e. The lowest BCUT2D eigenvalue weighted by molar-refractivity contribution is -0.137. The van der Waals surface area contributed by atoms with E-state index in [4.69, 9.17) is 0 Å². The molecule has 9 heteroatoms. The van der Waals surface area contributed by atoms with Gasteiger partial charge in [-0.3, -0.25) is 9.59 Å². The highest BCUT2D eigenvalue weighted by Gasteiger charge is 2.44. The average Bonchev–Trinajstić information content (AvgIpc) is 2.89. The summed E-state index contributed by atoms with van der Waals surface area (Å²) in [5.41, 5.74) is -0.650. The number of carbonyl (C=O) groups excluding carboxylic acids is 2. The molecular formula is C19H15F5N2O2. The molecule has 0 aromatic heterocycles. The van der Waals surface area contributed by atoms with Crippen LogP contribution in [0, 0.1) is 17.6 Å². The molecule has 4 nitrogen and oxygen atoms in total. The van der Waals surface area contributed by atoms with Crippen molar-refractivity contribution in [2.45, 2.75) is 12.1 Å². The number of rotatable bonds is 3. The molecule has 1 aliphatic rings. The maximum absolute atomic E-state index is 13.6. The summed E-state index contributed by atoms with van der Waals surface area (Å²) in [6.45, 7) is 0.0762. The lowest BCUT2D eigenvalue weighted by atomic mass is 9.87. The molecule has 1 saturated heterocycles. The zero-order chi connectivity index (χ0) is 20.6. The number of nitrogens with zero attached hydrogens (tertiary/aromatic N) is 1. The van der Waals surface area contributed by atoms with Gasteiger partial charge in [-0.2, -0.15) is 13.2 Å².